The van der Waals surface area contributed by atoms with E-state index in [0.29, 0.717) is 16.8 Å². The third kappa shape index (κ3) is 1.66. The number of rotatable bonds is 2. The number of hydrogen-bond donors (Lipinski definition) is 0. The fraction of sp³-hybridized carbons (Fsp3) is 0.0769. The molecule has 0 aliphatic heterocycles. The highest BCUT2D eigenvalue weighted by atomic mass is 16.1. The Hall–Kier alpha value is -2.56. The lowest BCUT2D eigenvalue weighted by Gasteiger charge is -2.02. The molecule has 0 spiro atoms. The van der Waals surface area contributed by atoms with Crippen molar-refractivity contribution < 1.29 is 4.79 Å². The first-order chi connectivity index (χ1) is 8.75. The Morgan fingerprint density at radius 1 is 1.06 bits per heavy atom. The highest BCUT2D eigenvalue weighted by Gasteiger charge is 2.13. The first-order valence-corrected chi connectivity index (χ1v) is 5.49. The van der Waals surface area contributed by atoms with Gasteiger partial charge in [-0.3, -0.25) is 19.4 Å². The highest BCUT2D eigenvalue weighted by molar-refractivity contribution is 6.09. The van der Waals surface area contributed by atoms with E-state index in [9.17, 15) is 4.79 Å². The average Bonchev–Trinajstić information content (AvgIpc) is 2.83. The summed E-state index contributed by atoms with van der Waals surface area (Å²) in [5.41, 5.74) is 2.63. The van der Waals surface area contributed by atoms with Gasteiger partial charge in [0.1, 0.15) is 5.69 Å². The molecule has 3 aromatic rings. The van der Waals surface area contributed by atoms with Crippen LogP contribution in [0.25, 0.3) is 11.0 Å². The molecule has 0 bridgehead atoms. The molecule has 0 saturated carbocycles. The number of fused-ring (bicyclic) bond motifs is 1. The van der Waals surface area contributed by atoms with E-state index in [1.807, 2.05) is 0 Å². The maximum Gasteiger partial charge on any atom is 0.211 e. The largest absolute Gasteiger partial charge is 0.287 e. The van der Waals surface area contributed by atoms with Gasteiger partial charge in [-0.05, 0) is 24.3 Å². The van der Waals surface area contributed by atoms with E-state index in [4.69, 9.17) is 0 Å². The second-order valence-electron chi connectivity index (χ2n) is 3.93. The Balaban J connectivity index is 2.10. The first-order valence-electron chi connectivity index (χ1n) is 5.49. The quantitative estimate of drug-likeness (QED) is 0.636. The lowest BCUT2D eigenvalue weighted by Crippen LogP contribution is -2.08. The summed E-state index contributed by atoms with van der Waals surface area (Å²) >= 11 is 0. The first kappa shape index (κ1) is 10.6. The van der Waals surface area contributed by atoms with E-state index in [1.165, 1.54) is 0 Å². The molecule has 0 aliphatic rings. The molecule has 0 radical (unpaired) electrons. The summed E-state index contributed by atoms with van der Waals surface area (Å²) in [6.07, 6.45) is 4.85. The molecule has 0 aliphatic carbocycles. The molecule has 0 fully saturated rings. The summed E-state index contributed by atoms with van der Waals surface area (Å²) < 4.78 is 1.56. The summed E-state index contributed by atoms with van der Waals surface area (Å²) in [5, 5.41) is 3.99. The lowest BCUT2D eigenvalue weighted by molar-refractivity contribution is 0.103. The van der Waals surface area contributed by atoms with Crippen molar-refractivity contribution in [2.75, 3.05) is 0 Å². The second kappa shape index (κ2) is 4.03. The van der Waals surface area contributed by atoms with Crippen molar-refractivity contribution >= 4 is 16.8 Å². The molecular weight excluding hydrogens is 228 g/mol. The van der Waals surface area contributed by atoms with Crippen molar-refractivity contribution in [1.29, 1.82) is 0 Å². The van der Waals surface area contributed by atoms with E-state index in [2.05, 4.69) is 15.1 Å². The third-order valence-electron chi connectivity index (χ3n) is 2.79. The van der Waals surface area contributed by atoms with E-state index >= 15 is 0 Å². The van der Waals surface area contributed by atoms with Crippen LogP contribution in [0.4, 0.5) is 0 Å². The minimum absolute atomic E-state index is 0.0671. The maximum absolute atomic E-state index is 12.3. The molecule has 88 valence electrons. The molecule has 18 heavy (non-hydrogen) atoms. The summed E-state index contributed by atoms with van der Waals surface area (Å²) in [5.74, 6) is -0.0671. The van der Waals surface area contributed by atoms with Crippen LogP contribution in [0.2, 0.25) is 0 Å². The van der Waals surface area contributed by atoms with Gasteiger partial charge in [0, 0.05) is 31.2 Å². The molecule has 0 amide bonds. The number of nitrogens with zero attached hydrogens (tertiary/aromatic N) is 4. The van der Waals surface area contributed by atoms with E-state index < -0.39 is 0 Å². The van der Waals surface area contributed by atoms with Crippen LogP contribution >= 0.6 is 0 Å². The minimum atomic E-state index is -0.0671. The van der Waals surface area contributed by atoms with Crippen LogP contribution in [0.1, 0.15) is 16.1 Å². The summed E-state index contributed by atoms with van der Waals surface area (Å²) in [6, 6.07) is 7.00. The van der Waals surface area contributed by atoms with Crippen LogP contribution < -0.4 is 0 Å². The Bertz CT molecular complexity index is 732. The average molecular weight is 238 g/mol. The molecule has 5 nitrogen and oxygen atoms in total. The minimum Gasteiger partial charge on any atom is -0.287 e. The molecule has 0 N–H and O–H groups in total. The van der Waals surface area contributed by atoms with Gasteiger partial charge in [0.25, 0.3) is 0 Å². The predicted octanol–water partition coefficient (Wildman–Crippen LogP) is 1.59. The van der Waals surface area contributed by atoms with Crippen molar-refractivity contribution in [1.82, 2.24) is 19.7 Å². The SMILES string of the molecule is Cn1nccc1C(=O)c1ccc2nccnc2c1. The van der Waals surface area contributed by atoms with Gasteiger partial charge in [-0.15, -0.1) is 0 Å². The Kier molecular flexibility index (Phi) is 2.37. The number of hydrogen-bond acceptors (Lipinski definition) is 4. The van der Waals surface area contributed by atoms with E-state index in [0.717, 1.165) is 5.52 Å². The summed E-state index contributed by atoms with van der Waals surface area (Å²) in [4.78, 5) is 20.6. The monoisotopic (exact) mass is 238 g/mol. The van der Waals surface area contributed by atoms with Gasteiger partial charge in [-0.2, -0.15) is 5.10 Å². The topological polar surface area (TPSA) is 60.7 Å². The van der Waals surface area contributed by atoms with Gasteiger partial charge in [0.15, 0.2) is 0 Å². The van der Waals surface area contributed by atoms with Crippen LogP contribution in [-0.2, 0) is 7.05 Å². The van der Waals surface area contributed by atoms with Crippen molar-refractivity contribution in [2.24, 2.45) is 7.05 Å². The van der Waals surface area contributed by atoms with Gasteiger partial charge in [0.05, 0.1) is 11.0 Å². The highest BCUT2D eigenvalue weighted by Crippen LogP contribution is 2.14. The number of benzene rings is 1. The van der Waals surface area contributed by atoms with Gasteiger partial charge >= 0.3 is 0 Å². The standard InChI is InChI=1S/C13H10N4O/c1-17-12(4-5-16-17)13(18)9-2-3-10-11(8-9)15-7-6-14-10/h2-8H,1H3. The zero-order valence-corrected chi connectivity index (χ0v) is 9.74. The van der Waals surface area contributed by atoms with Gasteiger partial charge in [-0.25, -0.2) is 0 Å². The van der Waals surface area contributed by atoms with E-state index in [1.54, 1.807) is 54.6 Å². The predicted molar refractivity (Wildman–Crippen MR) is 66.2 cm³/mol. The summed E-state index contributed by atoms with van der Waals surface area (Å²) in [7, 11) is 1.74. The normalized spacial score (nSPS) is 10.7. The fourth-order valence-corrected chi connectivity index (χ4v) is 1.85. The Morgan fingerprint density at radius 3 is 2.56 bits per heavy atom. The maximum atomic E-state index is 12.3. The molecular formula is C13H10N4O. The van der Waals surface area contributed by atoms with Crippen LogP contribution in [-0.4, -0.2) is 25.5 Å². The van der Waals surface area contributed by atoms with Crippen LogP contribution in [0.5, 0.6) is 0 Å². The van der Waals surface area contributed by atoms with Crippen molar-refractivity contribution in [3.63, 3.8) is 0 Å². The number of carbonyl (C=O) groups excluding carboxylic acids is 1. The molecule has 0 atom stereocenters. The van der Waals surface area contributed by atoms with Crippen LogP contribution in [0.3, 0.4) is 0 Å². The molecule has 0 unspecified atom stereocenters. The van der Waals surface area contributed by atoms with Crippen molar-refractivity contribution in [3.8, 4) is 0 Å². The van der Waals surface area contributed by atoms with Gasteiger partial charge in [-0.1, -0.05) is 0 Å². The van der Waals surface area contributed by atoms with Crippen LogP contribution in [0, 0.1) is 0 Å². The number of ketones is 1. The molecule has 1 aromatic carbocycles. The molecule has 5 heteroatoms. The van der Waals surface area contributed by atoms with Gasteiger partial charge in [0.2, 0.25) is 5.78 Å². The Morgan fingerprint density at radius 2 is 1.83 bits per heavy atom. The number of aryl methyl sites for hydroxylation is 1. The Labute approximate surface area is 103 Å². The summed E-state index contributed by atoms with van der Waals surface area (Å²) in [6.45, 7) is 0. The zero-order valence-electron chi connectivity index (χ0n) is 9.74. The number of aromatic nitrogens is 4. The molecule has 2 heterocycles. The van der Waals surface area contributed by atoms with Gasteiger partial charge < -0.3 is 0 Å². The third-order valence-corrected chi connectivity index (χ3v) is 2.79. The van der Waals surface area contributed by atoms with Crippen molar-refractivity contribution in [2.45, 2.75) is 0 Å². The second-order valence-corrected chi connectivity index (χ2v) is 3.93. The smallest absolute Gasteiger partial charge is 0.211 e. The molecule has 0 saturated heterocycles. The lowest BCUT2D eigenvalue weighted by atomic mass is 10.1. The van der Waals surface area contributed by atoms with E-state index in [-0.39, 0.29) is 5.78 Å². The van der Waals surface area contributed by atoms with Crippen LogP contribution in [0.15, 0.2) is 42.9 Å². The fourth-order valence-electron chi connectivity index (χ4n) is 1.85. The molecule has 2 aromatic heterocycles. The zero-order chi connectivity index (χ0) is 12.5. The van der Waals surface area contributed by atoms with Crippen molar-refractivity contribution in [3.05, 3.63) is 54.1 Å². The molecule has 3 rings (SSSR count). The number of carbonyl (C=O) groups is 1.